The highest BCUT2D eigenvalue weighted by atomic mass is 16.5. The van der Waals surface area contributed by atoms with Crippen LogP contribution in [0.5, 0.6) is 5.75 Å². The van der Waals surface area contributed by atoms with Gasteiger partial charge in [0.15, 0.2) is 6.61 Å². The molecule has 0 saturated heterocycles. The topological polar surface area (TPSA) is 77.8 Å². The maximum Gasteiger partial charge on any atom is 0.375 e. The summed E-state index contributed by atoms with van der Waals surface area (Å²) in [6.45, 7) is 3.89. The zero-order valence-electron chi connectivity index (χ0n) is 16.2. The van der Waals surface area contributed by atoms with Gasteiger partial charge in [0.05, 0.1) is 7.11 Å². The summed E-state index contributed by atoms with van der Waals surface area (Å²) in [4.78, 5) is 24.3. The summed E-state index contributed by atoms with van der Waals surface area (Å²) < 4.78 is 15.9. The molecule has 1 aromatic heterocycles. The molecule has 28 heavy (non-hydrogen) atoms. The number of hydrogen-bond acceptors (Lipinski definition) is 5. The summed E-state index contributed by atoms with van der Waals surface area (Å²) >= 11 is 0. The van der Waals surface area contributed by atoms with Gasteiger partial charge in [0.1, 0.15) is 11.3 Å². The summed E-state index contributed by atoms with van der Waals surface area (Å²) in [7, 11) is 1.57. The molecule has 0 aliphatic rings. The Morgan fingerprint density at radius 2 is 1.89 bits per heavy atom. The van der Waals surface area contributed by atoms with Gasteiger partial charge < -0.3 is 19.2 Å². The van der Waals surface area contributed by atoms with Crippen LogP contribution in [0.1, 0.15) is 34.5 Å². The lowest BCUT2D eigenvalue weighted by Crippen LogP contribution is -2.31. The third-order valence-corrected chi connectivity index (χ3v) is 4.64. The second-order valence-corrected chi connectivity index (χ2v) is 6.61. The Bertz CT molecular complexity index is 977. The molecule has 3 rings (SSSR count). The average molecular weight is 381 g/mol. The second-order valence-electron chi connectivity index (χ2n) is 6.61. The molecule has 1 atom stereocenters. The summed E-state index contributed by atoms with van der Waals surface area (Å²) in [5.74, 6) is -0.101. The van der Waals surface area contributed by atoms with Gasteiger partial charge in [-0.2, -0.15) is 0 Å². The van der Waals surface area contributed by atoms with Gasteiger partial charge >= 0.3 is 5.97 Å². The zero-order valence-corrected chi connectivity index (χ0v) is 16.2. The lowest BCUT2D eigenvalue weighted by molar-refractivity contribution is -0.124. The summed E-state index contributed by atoms with van der Waals surface area (Å²) in [6, 6.07) is 15.2. The minimum Gasteiger partial charge on any atom is -0.497 e. The molecule has 0 saturated carbocycles. The smallest absolute Gasteiger partial charge is 0.375 e. The number of nitrogens with one attached hydrogen (secondary N) is 1. The lowest BCUT2D eigenvalue weighted by atomic mass is 10.0. The van der Waals surface area contributed by atoms with Gasteiger partial charge in [-0.05, 0) is 36.6 Å². The molecule has 146 valence electrons. The zero-order chi connectivity index (χ0) is 20.1. The molecule has 3 aromatic rings. The Kier molecular flexibility index (Phi) is 5.99. The first-order chi connectivity index (χ1) is 13.5. The van der Waals surface area contributed by atoms with E-state index >= 15 is 0 Å². The molecule has 0 spiro atoms. The third-order valence-electron chi connectivity index (χ3n) is 4.64. The van der Waals surface area contributed by atoms with Gasteiger partial charge in [-0.3, -0.25) is 4.79 Å². The summed E-state index contributed by atoms with van der Waals surface area (Å²) in [5, 5.41) is 3.55. The first kappa shape index (κ1) is 19.5. The van der Waals surface area contributed by atoms with Crippen LogP contribution in [0.2, 0.25) is 0 Å². The van der Waals surface area contributed by atoms with Crippen molar-refractivity contribution >= 4 is 22.8 Å². The Hall–Kier alpha value is -3.28. The first-order valence-corrected chi connectivity index (χ1v) is 9.05. The molecule has 1 heterocycles. The van der Waals surface area contributed by atoms with Gasteiger partial charge in [0, 0.05) is 17.5 Å². The van der Waals surface area contributed by atoms with E-state index in [9.17, 15) is 9.59 Å². The molecule has 0 bridgehead atoms. The Morgan fingerprint density at radius 3 is 2.61 bits per heavy atom. The number of methoxy groups -OCH3 is 1. The van der Waals surface area contributed by atoms with Crippen LogP contribution in [0.15, 0.2) is 52.9 Å². The average Bonchev–Trinajstić information content (AvgIpc) is 3.06. The van der Waals surface area contributed by atoms with Crippen molar-refractivity contribution in [3.8, 4) is 5.75 Å². The predicted octanol–water partition coefficient (Wildman–Crippen LogP) is 3.83. The molecule has 1 N–H and O–H groups in total. The van der Waals surface area contributed by atoms with Crippen LogP contribution in [0, 0.1) is 6.92 Å². The number of fused-ring (bicyclic) bond motifs is 1. The van der Waals surface area contributed by atoms with Gasteiger partial charge in [0.2, 0.25) is 5.76 Å². The van der Waals surface area contributed by atoms with E-state index in [1.807, 2.05) is 37.3 Å². The van der Waals surface area contributed by atoms with E-state index in [2.05, 4.69) is 5.32 Å². The van der Waals surface area contributed by atoms with Crippen molar-refractivity contribution in [2.24, 2.45) is 0 Å². The monoisotopic (exact) mass is 381 g/mol. The van der Waals surface area contributed by atoms with E-state index < -0.39 is 5.97 Å². The van der Waals surface area contributed by atoms with Crippen LogP contribution < -0.4 is 10.1 Å². The van der Waals surface area contributed by atoms with Crippen LogP contribution in [0.3, 0.4) is 0 Å². The Labute approximate surface area is 163 Å². The second kappa shape index (κ2) is 8.61. The van der Waals surface area contributed by atoms with Gasteiger partial charge in [0.25, 0.3) is 5.91 Å². The molecular weight excluding hydrogens is 358 g/mol. The number of carbonyl (C=O) groups is 2. The third kappa shape index (κ3) is 4.34. The molecule has 0 unspecified atom stereocenters. The fraction of sp³-hybridized carbons (Fsp3) is 0.273. The normalized spacial score (nSPS) is 11.8. The predicted molar refractivity (Wildman–Crippen MR) is 106 cm³/mol. The molecule has 0 aliphatic heterocycles. The molecule has 2 aromatic carbocycles. The Balaban J connectivity index is 1.56. The number of amides is 1. The van der Waals surface area contributed by atoms with Gasteiger partial charge in [-0.15, -0.1) is 0 Å². The number of carbonyl (C=O) groups excluding carboxylic acids is 2. The van der Waals surface area contributed by atoms with Crippen LogP contribution in [-0.2, 0) is 9.53 Å². The van der Waals surface area contributed by atoms with E-state index in [4.69, 9.17) is 13.9 Å². The maximum absolute atomic E-state index is 12.3. The molecule has 0 fully saturated rings. The number of furan rings is 1. The molecule has 6 heteroatoms. The van der Waals surface area contributed by atoms with E-state index in [1.165, 1.54) is 0 Å². The highest BCUT2D eigenvalue weighted by Crippen LogP contribution is 2.29. The molecule has 1 amide bonds. The van der Waals surface area contributed by atoms with Crippen molar-refractivity contribution in [3.05, 3.63) is 65.4 Å². The van der Waals surface area contributed by atoms with Crippen molar-refractivity contribution in [2.75, 3.05) is 20.3 Å². The largest absolute Gasteiger partial charge is 0.497 e. The fourth-order valence-electron chi connectivity index (χ4n) is 2.94. The number of aryl methyl sites for hydroxylation is 1. The number of benzene rings is 2. The standard InChI is InChI=1S/C22H23NO5/c1-14(16-7-5-4-6-8-16)12-23-20(24)13-27-22(25)21-15(2)18-11-17(26-3)9-10-19(18)28-21/h4-11,14H,12-13H2,1-3H3,(H,23,24)/t14-/m1/s1. The van der Waals surface area contributed by atoms with E-state index in [1.54, 1.807) is 32.2 Å². The molecule has 6 nitrogen and oxygen atoms in total. The number of esters is 1. The highest BCUT2D eigenvalue weighted by Gasteiger charge is 2.20. The van der Waals surface area contributed by atoms with Crippen molar-refractivity contribution < 1.29 is 23.5 Å². The van der Waals surface area contributed by atoms with Crippen LogP contribution in [-0.4, -0.2) is 32.1 Å². The van der Waals surface area contributed by atoms with Crippen molar-refractivity contribution in [1.82, 2.24) is 5.32 Å². The number of ether oxygens (including phenoxy) is 2. The fourth-order valence-corrected chi connectivity index (χ4v) is 2.94. The van der Waals surface area contributed by atoms with E-state index in [0.29, 0.717) is 23.4 Å². The van der Waals surface area contributed by atoms with E-state index in [0.717, 1.165) is 10.9 Å². The van der Waals surface area contributed by atoms with E-state index in [-0.39, 0.29) is 24.2 Å². The van der Waals surface area contributed by atoms with Crippen molar-refractivity contribution in [1.29, 1.82) is 0 Å². The number of hydrogen-bond donors (Lipinski definition) is 1. The first-order valence-electron chi connectivity index (χ1n) is 9.05. The quantitative estimate of drug-likeness (QED) is 0.630. The van der Waals surface area contributed by atoms with Gasteiger partial charge in [-0.25, -0.2) is 4.79 Å². The number of rotatable bonds is 7. The minimum atomic E-state index is -0.668. The van der Waals surface area contributed by atoms with Crippen LogP contribution in [0.25, 0.3) is 11.0 Å². The lowest BCUT2D eigenvalue weighted by Gasteiger charge is -2.13. The molecule has 0 aliphatic carbocycles. The minimum absolute atomic E-state index is 0.0914. The van der Waals surface area contributed by atoms with Gasteiger partial charge in [-0.1, -0.05) is 37.3 Å². The molecule has 0 radical (unpaired) electrons. The van der Waals surface area contributed by atoms with Crippen molar-refractivity contribution in [2.45, 2.75) is 19.8 Å². The highest BCUT2D eigenvalue weighted by molar-refractivity contribution is 5.97. The maximum atomic E-state index is 12.3. The van der Waals surface area contributed by atoms with Crippen molar-refractivity contribution in [3.63, 3.8) is 0 Å². The SMILES string of the molecule is COc1ccc2oc(C(=O)OCC(=O)NC[C@@H](C)c3ccccc3)c(C)c2c1. The Morgan fingerprint density at radius 1 is 1.14 bits per heavy atom. The summed E-state index contributed by atoms with van der Waals surface area (Å²) in [6.07, 6.45) is 0. The van der Waals surface area contributed by atoms with Crippen LogP contribution >= 0.6 is 0 Å². The van der Waals surface area contributed by atoms with Crippen LogP contribution in [0.4, 0.5) is 0 Å². The molecular formula is C22H23NO5. The summed E-state index contributed by atoms with van der Waals surface area (Å²) in [5.41, 5.74) is 2.34.